The molecule has 1 aromatic rings. The Balaban J connectivity index is 2.32. The molecule has 0 aliphatic carbocycles. The van der Waals surface area contributed by atoms with Crippen LogP contribution in [0.4, 0.5) is 4.39 Å². The van der Waals surface area contributed by atoms with Gasteiger partial charge < -0.3 is 35.2 Å². The Morgan fingerprint density at radius 2 is 1.85 bits per heavy atom. The van der Waals surface area contributed by atoms with E-state index in [-0.39, 0.29) is 5.69 Å². The Kier molecular flexibility index (Phi) is 8.62. The quantitative estimate of drug-likeness (QED) is 0.137. The van der Waals surface area contributed by atoms with Gasteiger partial charge in [0, 0.05) is 11.8 Å². The first-order valence-corrected chi connectivity index (χ1v) is 13.2. The van der Waals surface area contributed by atoms with E-state index in [1.54, 1.807) is 0 Å². The number of halogens is 1. The van der Waals surface area contributed by atoms with Gasteiger partial charge in [-0.2, -0.15) is 8.62 Å². The second-order valence-corrected chi connectivity index (χ2v) is 11.1. The number of alkyl halides is 1. The monoisotopic (exact) mass is 553 g/mol. The third-order valence-corrected chi connectivity index (χ3v) is 7.95. The summed E-state index contributed by atoms with van der Waals surface area (Å²) >= 11 is 0. The summed E-state index contributed by atoms with van der Waals surface area (Å²) in [6, 6.07) is 0.972. The Bertz CT molecular complexity index is 1250. The van der Waals surface area contributed by atoms with Crippen LogP contribution in [0.2, 0.25) is 0 Å². The summed E-state index contributed by atoms with van der Waals surface area (Å²) in [7, 11) is -17.0. The van der Waals surface area contributed by atoms with Crippen LogP contribution in [-0.2, 0) is 31.6 Å². The molecular formula is C13H19FN3O14P3. The van der Waals surface area contributed by atoms with Gasteiger partial charge >= 0.3 is 29.2 Å². The number of hydrogen-bond acceptors (Lipinski definition) is 11. The molecule has 0 spiro atoms. The number of aryl methyl sites for hydroxylation is 1. The molecule has 21 heteroatoms. The second kappa shape index (κ2) is 10.2. The number of aromatic nitrogens is 2. The lowest BCUT2D eigenvalue weighted by molar-refractivity contribution is -0.0475. The van der Waals surface area contributed by atoms with E-state index in [1.807, 2.05) is 10.9 Å². The van der Waals surface area contributed by atoms with Crippen molar-refractivity contribution >= 4 is 23.5 Å². The Morgan fingerprint density at radius 1 is 1.24 bits per heavy atom. The molecule has 1 aliphatic heterocycles. The van der Waals surface area contributed by atoms with Crippen LogP contribution in [0.5, 0.6) is 0 Å². The molecule has 192 valence electrons. The third kappa shape index (κ3) is 7.00. The Labute approximate surface area is 188 Å². The highest BCUT2D eigenvalue weighted by Gasteiger charge is 2.55. The minimum absolute atomic E-state index is 0.0173. The predicted molar refractivity (Wildman–Crippen MR) is 106 cm³/mol. The van der Waals surface area contributed by atoms with Crippen molar-refractivity contribution < 1.29 is 60.6 Å². The van der Waals surface area contributed by atoms with E-state index < -0.39 is 72.0 Å². The molecule has 0 saturated carbocycles. The molecule has 0 aromatic carbocycles. The summed E-state index contributed by atoms with van der Waals surface area (Å²) in [5.74, 6) is 4.14. The highest BCUT2D eigenvalue weighted by Crippen LogP contribution is 2.66. The van der Waals surface area contributed by atoms with Crippen molar-refractivity contribution in [2.45, 2.75) is 30.9 Å². The van der Waals surface area contributed by atoms with E-state index in [1.165, 1.54) is 6.92 Å². The highest BCUT2D eigenvalue weighted by atomic mass is 31.3. The van der Waals surface area contributed by atoms with Crippen LogP contribution in [0.3, 0.4) is 0 Å². The largest absolute Gasteiger partial charge is 0.490 e. The predicted octanol–water partition coefficient (Wildman–Crippen LogP) is -1.88. The van der Waals surface area contributed by atoms with Crippen LogP contribution in [-0.4, -0.2) is 65.3 Å². The maximum atomic E-state index is 12.7. The van der Waals surface area contributed by atoms with Crippen LogP contribution in [0, 0.1) is 18.8 Å². The zero-order valence-electron chi connectivity index (χ0n) is 16.9. The number of nitrogens with one attached hydrogen (secondary N) is 1. The first-order valence-electron chi connectivity index (χ1n) is 8.70. The molecule has 1 fully saturated rings. The van der Waals surface area contributed by atoms with Crippen LogP contribution >= 0.6 is 23.5 Å². The lowest BCUT2D eigenvalue weighted by Crippen LogP contribution is -2.55. The molecular weight excluding hydrogens is 534 g/mol. The molecule has 0 radical (unpaired) electrons. The lowest BCUT2D eigenvalue weighted by Gasteiger charge is -2.28. The minimum atomic E-state index is -5.80. The van der Waals surface area contributed by atoms with Crippen LogP contribution in [0.15, 0.2) is 15.7 Å². The smallest absolute Gasteiger partial charge is 0.387 e. The van der Waals surface area contributed by atoms with Crippen molar-refractivity contribution in [2.24, 2.45) is 5.73 Å². The van der Waals surface area contributed by atoms with Gasteiger partial charge in [-0.1, -0.05) is 11.8 Å². The van der Waals surface area contributed by atoms with E-state index in [9.17, 15) is 37.7 Å². The fourth-order valence-corrected chi connectivity index (χ4v) is 5.95. The third-order valence-electron chi connectivity index (χ3n) is 4.15. The molecule has 34 heavy (non-hydrogen) atoms. The topological polar surface area (TPSA) is 270 Å². The maximum absolute atomic E-state index is 12.7. The summed E-state index contributed by atoms with van der Waals surface area (Å²) in [6.07, 6.45) is -5.34. The average Bonchev–Trinajstić information content (AvgIpc) is 2.86. The van der Waals surface area contributed by atoms with Gasteiger partial charge in [0.25, 0.3) is 5.56 Å². The van der Waals surface area contributed by atoms with Crippen molar-refractivity contribution in [1.29, 1.82) is 0 Å². The van der Waals surface area contributed by atoms with Gasteiger partial charge in [-0.25, -0.2) is 22.9 Å². The minimum Gasteiger partial charge on any atom is -0.387 e. The Hall–Kier alpha value is -1.54. The molecule has 1 saturated heterocycles. The van der Waals surface area contributed by atoms with E-state index >= 15 is 0 Å². The van der Waals surface area contributed by atoms with Gasteiger partial charge in [0.05, 0.1) is 6.61 Å². The fourth-order valence-electron chi connectivity index (χ4n) is 2.92. The number of ether oxygens (including phenoxy) is 1. The standard InChI is InChI=1S/C13H19FN3O14P3/c1-7-5-9(18)16-12(20)17(7)11-13(15,3-2-4-14)10(19)8(29-11)6-28-33(24,25)31-34(26,27)30-32(21,22)23/h5,8,10-11,19H,4,6,15H2,1H3,(H,24,25)(H,26,27)(H,16,18,20)(H2,21,22,23)/t8-,10+,11-,13?/m1/s1. The summed E-state index contributed by atoms with van der Waals surface area (Å²) in [4.78, 5) is 61.5. The molecule has 1 aliphatic rings. The zero-order chi connectivity index (χ0) is 26.1. The molecule has 8 N–H and O–H groups in total. The number of phosphoric ester groups is 1. The molecule has 0 amide bonds. The van der Waals surface area contributed by atoms with E-state index in [0.717, 1.165) is 10.6 Å². The van der Waals surface area contributed by atoms with Crippen molar-refractivity contribution in [1.82, 2.24) is 9.55 Å². The zero-order valence-corrected chi connectivity index (χ0v) is 19.6. The Morgan fingerprint density at radius 3 is 2.38 bits per heavy atom. The number of phosphoric acid groups is 3. The van der Waals surface area contributed by atoms with Gasteiger partial charge in [-0.05, 0) is 6.92 Å². The molecule has 6 atom stereocenters. The van der Waals surface area contributed by atoms with E-state index in [4.69, 9.17) is 25.2 Å². The summed E-state index contributed by atoms with van der Waals surface area (Å²) in [6.45, 7) is -1.05. The van der Waals surface area contributed by atoms with Crippen molar-refractivity contribution in [3.8, 4) is 11.8 Å². The SMILES string of the molecule is Cc1cc(=O)[nH]c(=O)n1[C@@H]1O[C@H](COP(=O)(O)OP(=O)(O)OP(=O)(O)O)[C@H](O)C1(N)C#CCF. The molecule has 3 unspecified atom stereocenters. The highest BCUT2D eigenvalue weighted by molar-refractivity contribution is 7.66. The summed E-state index contributed by atoms with van der Waals surface area (Å²) in [5.41, 5.74) is 1.99. The second-order valence-electron chi connectivity index (χ2n) is 6.68. The van der Waals surface area contributed by atoms with Crippen molar-refractivity contribution in [3.05, 3.63) is 32.6 Å². The van der Waals surface area contributed by atoms with E-state index in [0.29, 0.717) is 0 Å². The first kappa shape index (κ1) is 28.7. The molecule has 1 aromatic heterocycles. The van der Waals surface area contributed by atoms with Gasteiger partial charge in [0.1, 0.15) is 18.9 Å². The number of nitrogens with two attached hydrogens (primary N) is 1. The number of aromatic amines is 1. The summed E-state index contributed by atoms with van der Waals surface area (Å²) in [5, 5.41) is 10.6. The number of hydrogen-bond donors (Lipinski definition) is 7. The van der Waals surface area contributed by atoms with E-state index in [2.05, 4.69) is 19.1 Å². The average molecular weight is 553 g/mol. The maximum Gasteiger partial charge on any atom is 0.490 e. The lowest BCUT2D eigenvalue weighted by atomic mass is 9.91. The molecule has 0 bridgehead atoms. The molecule has 2 heterocycles. The van der Waals surface area contributed by atoms with Crippen molar-refractivity contribution in [3.63, 3.8) is 0 Å². The molecule has 17 nitrogen and oxygen atoms in total. The summed E-state index contributed by atoms with van der Waals surface area (Å²) < 4.78 is 64.4. The number of aliphatic hydroxyl groups is 1. The van der Waals surface area contributed by atoms with Crippen LogP contribution < -0.4 is 17.0 Å². The number of rotatable bonds is 8. The normalized spacial score (nSPS) is 28.5. The van der Waals surface area contributed by atoms with Crippen LogP contribution in [0.25, 0.3) is 0 Å². The molecule has 2 rings (SSSR count). The fraction of sp³-hybridized carbons (Fsp3) is 0.538. The van der Waals surface area contributed by atoms with Crippen molar-refractivity contribution in [2.75, 3.05) is 13.3 Å². The van der Waals surface area contributed by atoms with Gasteiger partial charge in [0.2, 0.25) is 0 Å². The first-order chi connectivity index (χ1) is 15.4. The number of aliphatic hydroxyl groups excluding tert-OH is 1. The van der Waals surface area contributed by atoms with Gasteiger partial charge in [-0.15, -0.1) is 0 Å². The van der Waals surface area contributed by atoms with Crippen LogP contribution in [0.1, 0.15) is 11.9 Å². The number of H-pyrrole nitrogens is 1. The van der Waals surface area contributed by atoms with Gasteiger partial charge in [0.15, 0.2) is 11.8 Å². The number of nitrogens with zero attached hydrogens (tertiary/aromatic N) is 1. The van der Waals surface area contributed by atoms with Gasteiger partial charge in [-0.3, -0.25) is 18.9 Å².